The number of hydrogen-bond acceptors (Lipinski definition) is 0. The van der Waals surface area contributed by atoms with Crippen molar-refractivity contribution in [1.82, 2.24) is 4.57 Å². The van der Waals surface area contributed by atoms with E-state index in [-0.39, 0.29) is 10.8 Å². The Bertz CT molecular complexity index is 2250. The second kappa shape index (κ2) is 7.56. The Kier molecular flexibility index (Phi) is 4.26. The first-order valence-electron chi connectivity index (χ1n) is 14.7. The molecule has 1 nitrogen and oxygen atoms in total. The van der Waals surface area contributed by atoms with Gasteiger partial charge < -0.3 is 4.57 Å². The molecule has 0 spiro atoms. The number of aromatic nitrogens is 1. The third-order valence-electron chi connectivity index (χ3n) is 10.2. The molecule has 0 N–H and O–H groups in total. The molecule has 0 aliphatic heterocycles. The third-order valence-corrected chi connectivity index (χ3v) is 10.2. The normalized spacial score (nSPS) is 15.7. The van der Waals surface area contributed by atoms with E-state index >= 15 is 0 Å². The lowest BCUT2D eigenvalue weighted by Gasteiger charge is -2.35. The van der Waals surface area contributed by atoms with Gasteiger partial charge in [-0.15, -0.1) is 0 Å². The van der Waals surface area contributed by atoms with Crippen molar-refractivity contribution in [2.24, 2.45) is 0 Å². The molecule has 2 aliphatic carbocycles. The largest absolute Gasteiger partial charge is 0.309 e. The van der Waals surface area contributed by atoms with Crippen molar-refractivity contribution in [3.05, 3.63) is 138 Å². The molecule has 7 aromatic rings. The van der Waals surface area contributed by atoms with Crippen LogP contribution in [-0.2, 0) is 10.8 Å². The summed E-state index contributed by atoms with van der Waals surface area (Å²) >= 11 is 0. The number of hydrogen-bond donors (Lipinski definition) is 0. The zero-order chi connectivity index (χ0) is 27.7. The fourth-order valence-electron chi connectivity index (χ4n) is 8.10. The van der Waals surface area contributed by atoms with E-state index in [2.05, 4.69) is 148 Å². The standard InChI is InChI=1S/C40H31N/c1-39(2)32-16-7-5-13-26(32)27-20-19-25(21-34(27)39)41-36-18-8-6-14-28(36)31-22-30-29-15-9-11-24-12-10-17-33(38(24)29)40(3,4)35(30)23-37(31)41/h5-23H,1-4H3. The van der Waals surface area contributed by atoms with Crippen LogP contribution < -0.4 is 0 Å². The lowest BCUT2D eigenvalue weighted by Crippen LogP contribution is -2.23. The van der Waals surface area contributed by atoms with Crippen molar-refractivity contribution >= 4 is 32.6 Å². The van der Waals surface area contributed by atoms with Gasteiger partial charge in [-0.3, -0.25) is 0 Å². The Hall–Kier alpha value is -4.62. The molecule has 9 rings (SSSR count). The SMILES string of the molecule is CC1(C)c2ccccc2-c2ccc(-n3c4ccccc4c4cc5c(cc43)C(C)(C)c3cccc4cccc-5c34)cc21. The Morgan fingerprint density at radius 2 is 1.10 bits per heavy atom. The van der Waals surface area contributed by atoms with Gasteiger partial charge in [0.05, 0.1) is 11.0 Å². The first-order valence-corrected chi connectivity index (χ1v) is 14.7. The summed E-state index contributed by atoms with van der Waals surface area (Å²) in [6, 6.07) is 43.5. The monoisotopic (exact) mass is 525 g/mol. The topological polar surface area (TPSA) is 4.93 Å². The van der Waals surface area contributed by atoms with E-state index in [4.69, 9.17) is 0 Å². The summed E-state index contributed by atoms with van der Waals surface area (Å²) in [6.45, 7) is 9.52. The van der Waals surface area contributed by atoms with Gasteiger partial charge in [-0.05, 0) is 85.6 Å². The molecular weight excluding hydrogens is 494 g/mol. The molecule has 196 valence electrons. The molecule has 0 saturated carbocycles. The minimum Gasteiger partial charge on any atom is -0.309 e. The van der Waals surface area contributed by atoms with Gasteiger partial charge in [-0.25, -0.2) is 0 Å². The fourth-order valence-corrected chi connectivity index (χ4v) is 8.10. The summed E-state index contributed by atoms with van der Waals surface area (Å²) in [5.41, 5.74) is 14.7. The van der Waals surface area contributed by atoms with Gasteiger partial charge in [-0.1, -0.05) is 113 Å². The predicted octanol–water partition coefficient (Wildman–Crippen LogP) is 10.5. The minimum absolute atomic E-state index is 0.0375. The summed E-state index contributed by atoms with van der Waals surface area (Å²) < 4.78 is 2.50. The molecule has 41 heavy (non-hydrogen) atoms. The number of para-hydroxylation sites is 1. The Morgan fingerprint density at radius 3 is 1.98 bits per heavy atom. The zero-order valence-corrected chi connectivity index (χ0v) is 23.9. The molecular formula is C40H31N. The van der Waals surface area contributed by atoms with Gasteiger partial charge in [0.25, 0.3) is 0 Å². The van der Waals surface area contributed by atoms with Crippen LogP contribution in [0.4, 0.5) is 0 Å². The second-order valence-electron chi connectivity index (χ2n) is 13.0. The summed E-state index contributed by atoms with van der Waals surface area (Å²) in [5.74, 6) is 0. The van der Waals surface area contributed by atoms with E-state index in [1.54, 1.807) is 0 Å². The van der Waals surface area contributed by atoms with Crippen LogP contribution in [0.1, 0.15) is 49.9 Å². The summed E-state index contributed by atoms with van der Waals surface area (Å²) in [5, 5.41) is 5.34. The van der Waals surface area contributed by atoms with Gasteiger partial charge in [0.15, 0.2) is 0 Å². The molecule has 2 aliphatic rings. The summed E-state index contributed by atoms with van der Waals surface area (Å²) in [6.07, 6.45) is 0. The molecule has 1 aromatic heterocycles. The summed E-state index contributed by atoms with van der Waals surface area (Å²) in [4.78, 5) is 0. The first-order chi connectivity index (χ1) is 19.9. The molecule has 0 atom stereocenters. The van der Waals surface area contributed by atoms with E-state index in [9.17, 15) is 0 Å². The van der Waals surface area contributed by atoms with Crippen LogP contribution in [0, 0.1) is 0 Å². The van der Waals surface area contributed by atoms with E-state index in [0.717, 1.165) is 0 Å². The molecule has 1 heterocycles. The maximum absolute atomic E-state index is 2.50. The van der Waals surface area contributed by atoms with Crippen LogP contribution in [0.15, 0.2) is 115 Å². The van der Waals surface area contributed by atoms with Gasteiger partial charge in [0.2, 0.25) is 0 Å². The number of rotatable bonds is 1. The van der Waals surface area contributed by atoms with E-state index in [1.165, 1.54) is 82.8 Å². The van der Waals surface area contributed by atoms with Gasteiger partial charge >= 0.3 is 0 Å². The average molecular weight is 526 g/mol. The molecule has 0 unspecified atom stereocenters. The molecule has 1 heteroatoms. The molecule has 0 amide bonds. The fraction of sp³-hybridized carbons (Fsp3) is 0.150. The Balaban J connectivity index is 1.37. The third kappa shape index (κ3) is 2.81. The molecule has 6 aromatic carbocycles. The van der Waals surface area contributed by atoms with Crippen molar-refractivity contribution in [3.8, 4) is 27.9 Å². The Labute approximate surface area is 240 Å². The van der Waals surface area contributed by atoms with Crippen molar-refractivity contribution in [2.75, 3.05) is 0 Å². The van der Waals surface area contributed by atoms with Crippen LogP contribution >= 0.6 is 0 Å². The minimum atomic E-state index is -0.111. The highest BCUT2D eigenvalue weighted by Gasteiger charge is 2.36. The van der Waals surface area contributed by atoms with Crippen LogP contribution in [0.3, 0.4) is 0 Å². The zero-order valence-electron chi connectivity index (χ0n) is 23.9. The Morgan fingerprint density at radius 1 is 0.439 bits per heavy atom. The van der Waals surface area contributed by atoms with Gasteiger partial charge in [0.1, 0.15) is 0 Å². The first kappa shape index (κ1) is 23.1. The molecule has 0 radical (unpaired) electrons. The smallest absolute Gasteiger partial charge is 0.0544 e. The maximum Gasteiger partial charge on any atom is 0.0544 e. The van der Waals surface area contributed by atoms with Crippen molar-refractivity contribution in [3.63, 3.8) is 0 Å². The van der Waals surface area contributed by atoms with Crippen LogP contribution in [0.25, 0.3) is 60.5 Å². The highest BCUT2D eigenvalue weighted by atomic mass is 15.0. The van der Waals surface area contributed by atoms with Crippen LogP contribution in [0.2, 0.25) is 0 Å². The number of benzene rings is 6. The quantitative estimate of drug-likeness (QED) is 0.201. The highest BCUT2D eigenvalue weighted by Crippen LogP contribution is 2.52. The lowest BCUT2D eigenvalue weighted by atomic mass is 9.68. The van der Waals surface area contributed by atoms with Crippen LogP contribution in [-0.4, -0.2) is 4.57 Å². The van der Waals surface area contributed by atoms with Gasteiger partial charge in [-0.2, -0.15) is 0 Å². The lowest BCUT2D eigenvalue weighted by molar-refractivity contribution is 0.646. The number of nitrogens with zero attached hydrogens (tertiary/aromatic N) is 1. The van der Waals surface area contributed by atoms with Crippen molar-refractivity contribution < 1.29 is 0 Å². The van der Waals surface area contributed by atoms with E-state index < -0.39 is 0 Å². The second-order valence-corrected chi connectivity index (χ2v) is 13.0. The average Bonchev–Trinajstić information content (AvgIpc) is 3.43. The molecule has 0 bridgehead atoms. The number of fused-ring (bicyclic) bond motifs is 8. The van der Waals surface area contributed by atoms with Gasteiger partial charge in [0, 0.05) is 27.3 Å². The van der Waals surface area contributed by atoms with Crippen molar-refractivity contribution in [2.45, 2.75) is 38.5 Å². The van der Waals surface area contributed by atoms with Crippen LogP contribution in [0.5, 0.6) is 0 Å². The molecule has 0 fully saturated rings. The maximum atomic E-state index is 2.50. The van der Waals surface area contributed by atoms with E-state index in [0.29, 0.717) is 0 Å². The highest BCUT2D eigenvalue weighted by molar-refractivity contribution is 6.13. The summed E-state index contributed by atoms with van der Waals surface area (Å²) in [7, 11) is 0. The van der Waals surface area contributed by atoms with E-state index in [1.807, 2.05) is 0 Å². The predicted molar refractivity (Wildman–Crippen MR) is 173 cm³/mol. The van der Waals surface area contributed by atoms with Crippen molar-refractivity contribution in [1.29, 1.82) is 0 Å². The molecule has 0 saturated heterocycles.